The molecular formula is C14H15ClFNS. The molecule has 0 fully saturated rings. The summed E-state index contributed by atoms with van der Waals surface area (Å²) in [5, 5.41) is 2.03. The van der Waals surface area contributed by atoms with Crippen molar-refractivity contribution in [2.45, 2.75) is 18.8 Å². The predicted octanol–water partition coefficient (Wildman–Crippen LogP) is 4.82. The Bertz CT molecular complexity index is 513. The van der Waals surface area contributed by atoms with Crippen molar-refractivity contribution in [2.24, 2.45) is 0 Å². The number of hydrogen-bond acceptors (Lipinski definition) is 2. The molecular weight excluding hydrogens is 269 g/mol. The van der Waals surface area contributed by atoms with Gasteiger partial charge in [0.05, 0.1) is 11.7 Å². The molecule has 2 rings (SSSR count). The normalized spacial score (nSPS) is 12.4. The van der Waals surface area contributed by atoms with Crippen LogP contribution in [0.25, 0.3) is 0 Å². The van der Waals surface area contributed by atoms with Gasteiger partial charge < -0.3 is 4.90 Å². The molecule has 1 unspecified atom stereocenters. The van der Waals surface area contributed by atoms with Gasteiger partial charge in [-0.05, 0) is 30.0 Å². The molecule has 96 valence electrons. The highest BCUT2D eigenvalue weighted by molar-refractivity contribution is 7.10. The van der Waals surface area contributed by atoms with Gasteiger partial charge in [0.15, 0.2) is 0 Å². The van der Waals surface area contributed by atoms with Gasteiger partial charge in [-0.3, -0.25) is 0 Å². The van der Waals surface area contributed by atoms with Gasteiger partial charge in [-0.15, -0.1) is 22.9 Å². The van der Waals surface area contributed by atoms with Crippen LogP contribution in [0.4, 0.5) is 10.1 Å². The monoisotopic (exact) mass is 283 g/mol. The standard InChI is InChI=1S/C14H15ClFNS/c1-10(13-7-4-8-18-13)17(2)14-11(9-15)5-3-6-12(14)16/h3-8,10H,9H2,1-2H3. The molecule has 1 heterocycles. The molecule has 0 saturated carbocycles. The number of hydrogen-bond donors (Lipinski definition) is 0. The lowest BCUT2D eigenvalue weighted by Gasteiger charge is -2.28. The van der Waals surface area contributed by atoms with Gasteiger partial charge in [-0.2, -0.15) is 0 Å². The Hall–Kier alpha value is -1.06. The molecule has 0 saturated heterocycles. The van der Waals surface area contributed by atoms with Gasteiger partial charge in [0, 0.05) is 17.8 Å². The molecule has 1 aromatic carbocycles. The average molecular weight is 284 g/mol. The van der Waals surface area contributed by atoms with Crippen LogP contribution in [0.5, 0.6) is 0 Å². The van der Waals surface area contributed by atoms with Crippen LogP contribution in [-0.4, -0.2) is 7.05 Å². The Morgan fingerprint density at radius 3 is 2.72 bits per heavy atom. The lowest BCUT2D eigenvalue weighted by atomic mass is 10.1. The lowest BCUT2D eigenvalue weighted by molar-refractivity contribution is 0.611. The Morgan fingerprint density at radius 2 is 2.11 bits per heavy atom. The van der Waals surface area contributed by atoms with E-state index < -0.39 is 0 Å². The minimum absolute atomic E-state index is 0.129. The minimum atomic E-state index is -0.223. The van der Waals surface area contributed by atoms with Gasteiger partial charge in [0.2, 0.25) is 0 Å². The molecule has 1 atom stereocenters. The fourth-order valence-electron chi connectivity index (χ4n) is 1.98. The van der Waals surface area contributed by atoms with Crippen molar-refractivity contribution in [3.63, 3.8) is 0 Å². The zero-order valence-electron chi connectivity index (χ0n) is 10.4. The van der Waals surface area contributed by atoms with Crippen molar-refractivity contribution in [3.05, 3.63) is 52.0 Å². The fraction of sp³-hybridized carbons (Fsp3) is 0.286. The van der Waals surface area contributed by atoms with Crippen LogP contribution in [0.3, 0.4) is 0 Å². The Kier molecular flexibility index (Phi) is 4.25. The first kappa shape index (κ1) is 13.4. The van der Waals surface area contributed by atoms with Gasteiger partial charge in [-0.1, -0.05) is 18.2 Å². The molecule has 4 heteroatoms. The molecule has 0 aliphatic heterocycles. The van der Waals surface area contributed by atoms with E-state index in [2.05, 4.69) is 13.0 Å². The fourth-order valence-corrected chi connectivity index (χ4v) is 3.02. The quantitative estimate of drug-likeness (QED) is 0.727. The van der Waals surface area contributed by atoms with Crippen LogP contribution in [0, 0.1) is 5.82 Å². The number of halogens is 2. The Labute approximate surface area is 116 Å². The molecule has 0 spiro atoms. The van der Waals surface area contributed by atoms with E-state index in [1.165, 1.54) is 10.9 Å². The number of rotatable bonds is 4. The summed E-state index contributed by atoms with van der Waals surface area (Å²) >= 11 is 7.56. The molecule has 1 nitrogen and oxygen atoms in total. The number of anilines is 1. The van der Waals surface area contributed by atoms with Gasteiger partial charge >= 0.3 is 0 Å². The second kappa shape index (κ2) is 5.72. The van der Waals surface area contributed by atoms with Crippen molar-refractivity contribution in [1.82, 2.24) is 0 Å². The largest absolute Gasteiger partial charge is 0.364 e. The van der Waals surface area contributed by atoms with E-state index in [4.69, 9.17) is 11.6 Å². The second-order valence-corrected chi connectivity index (χ2v) is 5.43. The van der Waals surface area contributed by atoms with Gasteiger partial charge in [-0.25, -0.2) is 4.39 Å². The summed E-state index contributed by atoms with van der Waals surface area (Å²) in [6.07, 6.45) is 0. The van der Waals surface area contributed by atoms with Crippen molar-refractivity contribution >= 4 is 28.6 Å². The number of thiophene rings is 1. The third-order valence-corrected chi connectivity index (χ3v) is 4.43. The highest BCUT2D eigenvalue weighted by atomic mass is 35.5. The van der Waals surface area contributed by atoms with E-state index in [0.717, 1.165) is 5.56 Å². The second-order valence-electron chi connectivity index (χ2n) is 4.18. The van der Waals surface area contributed by atoms with Crippen molar-refractivity contribution in [1.29, 1.82) is 0 Å². The zero-order valence-corrected chi connectivity index (χ0v) is 11.9. The summed E-state index contributed by atoms with van der Waals surface area (Å²) in [6, 6.07) is 9.23. The van der Waals surface area contributed by atoms with Crippen molar-refractivity contribution < 1.29 is 4.39 Å². The molecule has 0 amide bonds. The van der Waals surface area contributed by atoms with E-state index in [1.54, 1.807) is 17.4 Å². The highest BCUT2D eigenvalue weighted by Gasteiger charge is 2.19. The van der Waals surface area contributed by atoms with Crippen LogP contribution < -0.4 is 4.90 Å². The zero-order chi connectivity index (χ0) is 13.1. The SMILES string of the molecule is CC(c1cccs1)N(C)c1c(F)cccc1CCl. The maximum atomic E-state index is 14.0. The van der Waals surface area contributed by atoms with E-state index in [0.29, 0.717) is 11.6 Å². The van der Waals surface area contributed by atoms with Gasteiger partial charge in [0.1, 0.15) is 5.82 Å². The third kappa shape index (κ3) is 2.52. The maximum Gasteiger partial charge on any atom is 0.146 e. The summed E-state index contributed by atoms with van der Waals surface area (Å²) in [7, 11) is 1.90. The summed E-state index contributed by atoms with van der Waals surface area (Å²) in [5.41, 5.74) is 1.41. The van der Waals surface area contributed by atoms with Gasteiger partial charge in [0.25, 0.3) is 0 Å². The lowest BCUT2D eigenvalue weighted by Crippen LogP contribution is -2.23. The first-order valence-corrected chi connectivity index (χ1v) is 7.16. The van der Waals surface area contributed by atoms with E-state index in [-0.39, 0.29) is 11.9 Å². The first-order chi connectivity index (χ1) is 8.65. The number of benzene rings is 1. The van der Waals surface area contributed by atoms with E-state index >= 15 is 0 Å². The third-order valence-electron chi connectivity index (χ3n) is 3.10. The topological polar surface area (TPSA) is 3.24 Å². The Balaban J connectivity index is 2.36. The summed E-state index contributed by atoms with van der Waals surface area (Å²) < 4.78 is 14.0. The number of para-hydroxylation sites is 1. The highest BCUT2D eigenvalue weighted by Crippen LogP contribution is 2.32. The molecule has 1 aromatic heterocycles. The summed E-state index contributed by atoms with van der Waals surface area (Å²) in [4.78, 5) is 3.15. The first-order valence-electron chi connectivity index (χ1n) is 5.74. The average Bonchev–Trinajstić information content (AvgIpc) is 2.90. The molecule has 0 radical (unpaired) electrons. The smallest absolute Gasteiger partial charge is 0.146 e. The van der Waals surface area contributed by atoms with Crippen LogP contribution in [0.15, 0.2) is 35.7 Å². The molecule has 0 aliphatic carbocycles. The van der Waals surface area contributed by atoms with Crippen LogP contribution >= 0.6 is 22.9 Å². The van der Waals surface area contributed by atoms with Crippen LogP contribution in [0.2, 0.25) is 0 Å². The van der Waals surface area contributed by atoms with Crippen LogP contribution in [0.1, 0.15) is 23.4 Å². The molecule has 0 bridgehead atoms. The summed E-state index contributed by atoms with van der Waals surface area (Å²) in [5.74, 6) is 0.0910. The predicted molar refractivity (Wildman–Crippen MR) is 77.1 cm³/mol. The van der Waals surface area contributed by atoms with Crippen molar-refractivity contribution in [2.75, 3.05) is 11.9 Å². The Morgan fingerprint density at radius 1 is 1.33 bits per heavy atom. The number of nitrogens with zero attached hydrogens (tertiary/aromatic N) is 1. The van der Waals surface area contributed by atoms with Crippen LogP contribution in [-0.2, 0) is 5.88 Å². The molecule has 18 heavy (non-hydrogen) atoms. The minimum Gasteiger partial charge on any atom is -0.364 e. The molecule has 2 aromatic rings. The summed E-state index contributed by atoms with van der Waals surface area (Å²) in [6.45, 7) is 2.07. The maximum absolute atomic E-state index is 14.0. The van der Waals surface area contributed by atoms with E-state index in [9.17, 15) is 4.39 Å². The van der Waals surface area contributed by atoms with Crippen molar-refractivity contribution in [3.8, 4) is 0 Å². The number of alkyl halides is 1. The van der Waals surface area contributed by atoms with E-state index in [1.807, 2.05) is 29.5 Å². The molecule has 0 aliphatic rings. The molecule has 0 N–H and O–H groups in total.